The van der Waals surface area contributed by atoms with Gasteiger partial charge in [-0.25, -0.2) is 0 Å². The first-order chi connectivity index (χ1) is 9.66. The normalized spacial score (nSPS) is 10.9. The Hall–Kier alpha value is -1.39. The molecule has 3 rings (SSSR count). The van der Waals surface area contributed by atoms with Gasteiger partial charge >= 0.3 is 0 Å². The van der Waals surface area contributed by atoms with Crippen LogP contribution in [0.3, 0.4) is 0 Å². The van der Waals surface area contributed by atoms with Gasteiger partial charge in [0.05, 0.1) is 6.54 Å². The van der Waals surface area contributed by atoms with Crippen LogP contribution in [0.15, 0.2) is 63.7 Å². The van der Waals surface area contributed by atoms with Gasteiger partial charge < -0.3 is 4.57 Å². The fourth-order valence-electron chi connectivity index (χ4n) is 2.25. The zero-order chi connectivity index (χ0) is 14.1. The summed E-state index contributed by atoms with van der Waals surface area (Å²) in [6.45, 7) is 0.336. The number of rotatable bonds is 3. The van der Waals surface area contributed by atoms with Crippen molar-refractivity contribution in [2.24, 2.45) is 0 Å². The first-order valence-electron chi connectivity index (χ1n) is 6.18. The molecule has 100 valence electrons. The second kappa shape index (κ2) is 5.54. The third-order valence-electron chi connectivity index (χ3n) is 3.25. The van der Waals surface area contributed by atoms with Crippen LogP contribution in [-0.4, -0.2) is 10.4 Å². The average molecular weight is 393 g/mol. The van der Waals surface area contributed by atoms with E-state index in [1.807, 2.05) is 59.3 Å². The molecule has 20 heavy (non-hydrogen) atoms. The third-order valence-corrected chi connectivity index (χ3v) is 4.63. The van der Waals surface area contributed by atoms with Gasteiger partial charge in [0, 0.05) is 31.6 Å². The number of hydrogen-bond donors (Lipinski definition) is 0. The Kier molecular flexibility index (Phi) is 3.76. The lowest BCUT2D eigenvalue weighted by molar-refractivity contribution is 0.0973. The number of fused-ring (bicyclic) bond motifs is 1. The molecule has 0 amide bonds. The molecular formula is C16H11Br2NO. The van der Waals surface area contributed by atoms with Crippen LogP contribution in [0, 0.1) is 0 Å². The van der Waals surface area contributed by atoms with Gasteiger partial charge in [-0.15, -0.1) is 0 Å². The third kappa shape index (κ3) is 2.45. The number of Topliss-reactive ketones (excluding diaryl/α,β-unsaturated/α-hetero) is 1. The van der Waals surface area contributed by atoms with Crippen LogP contribution in [0.5, 0.6) is 0 Å². The molecule has 0 aliphatic carbocycles. The van der Waals surface area contributed by atoms with Crippen molar-refractivity contribution >= 4 is 48.5 Å². The summed E-state index contributed by atoms with van der Waals surface area (Å²) in [4.78, 5) is 12.4. The van der Waals surface area contributed by atoms with Crippen molar-refractivity contribution < 1.29 is 4.79 Å². The van der Waals surface area contributed by atoms with E-state index in [-0.39, 0.29) is 5.78 Å². The van der Waals surface area contributed by atoms with Gasteiger partial charge in [-0.2, -0.15) is 0 Å². The van der Waals surface area contributed by atoms with Gasteiger partial charge in [-0.3, -0.25) is 4.79 Å². The van der Waals surface area contributed by atoms with Crippen molar-refractivity contribution in [1.29, 1.82) is 0 Å². The number of nitrogens with zero attached hydrogens (tertiary/aromatic N) is 1. The highest BCUT2D eigenvalue weighted by Gasteiger charge is 2.12. The number of ketones is 1. The summed E-state index contributed by atoms with van der Waals surface area (Å²) in [5.74, 6) is 0.0925. The second-order valence-electron chi connectivity index (χ2n) is 4.52. The van der Waals surface area contributed by atoms with E-state index in [0.29, 0.717) is 12.1 Å². The first-order valence-corrected chi connectivity index (χ1v) is 7.76. The maximum absolute atomic E-state index is 12.4. The molecule has 0 unspecified atom stereocenters. The quantitative estimate of drug-likeness (QED) is 0.571. The van der Waals surface area contributed by atoms with Crippen LogP contribution < -0.4 is 0 Å². The monoisotopic (exact) mass is 391 g/mol. The molecule has 0 atom stereocenters. The van der Waals surface area contributed by atoms with E-state index in [0.717, 1.165) is 19.8 Å². The largest absolute Gasteiger partial charge is 0.340 e. The number of hydrogen-bond acceptors (Lipinski definition) is 1. The minimum atomic E-state index is 0.0925. The summed E-state index contributed by atoms with van der Waals surface area (Å²) in [5.41, 5.74) is 1.77. The Morgan fingerprint density at radius 2 is 1.70 bits per heavy atom. The molecule has 2 aromatic carbocycles. The van der Waals surface area contributed by atoms with Crippen molar-refractivity contribution in [1.82, 2.24) is 4.57 Å². The molecule has 0 radical (unpaired) electrons. The lowest BCUT2D eigenvalue weighted by Gasteiger charge is -2.07. The molecule has 1 heterocycles. The van der Waals surface area contributed by atoms with E-state index >= 15 is 0 Å². The van der Waals surface area contributed by atoms with Gasteiger partial charge in [0.25, 0.3) is 0 Å². The maximum atomic E-state index is 12.4. The summed E-state index contributed by atoms with van der Waals surface area (Å²) < 4.78 is 3.85. The number of aromatic nitrogens is 1. The van der Waals surface area contributed by atoms with Crippen molar-refractivity contribution in [3.63, 3.8) is 0 Å². The molecule has 0 saturated carbocycles. The summed E-state index contributed by atoms with van der Waals surface area (Å²) in [7, 11) is 0. The molecule has 0 saturated heterocycles. The highest BCUT2D eigenvalue weighted by atomic mass is 79.9. The van der Waals surface area contributed by atoms with Crippen LogP contribution in [0.2, 0.25) is 0 Å². The summed E-state index contributed by atoms with van der Waals surface area (Å²) in [6, 6.07) is 15.5. The van der Waals surface area contributed by atoms with Crippen LogP contribution >= 0.6 is 31.9 Å². The van der Waals surface area contributed by atoms with E-state index in [4.69, 9.17) is 0 Å². The lowest BCUT2D eigenvalue weighted by atomic mass is 10.1. The van der Waals surface area contributed by atoms with Gasteiger partial charge in [-0.05, 0) is 24.3 Å². The summed E-state index contributed by atoms with van der Waals surface area (Å²) in [6.07, 6.45) is 1.95. The smallest absolute Gasteiger partial charge is 0.183 e. The maximum Gasteiger partial charge on any atom is 0.183 e. The number of carbonyl (C=O) groups excluding carboxylic acids is 1. The fraction of sp³-hybridized carbons (Fsp3) is 0.0625. The van der Waals surface area contributed by atoms with Gasteiger partial charge in [0.1, 0.15) is 0 Å². The van der Waals surface area contributed by atoms with Crippen molar-refractivity contribution in [2.45, 2.75) is 6.54 Å². The number of carbonyl (C=O) groups is 1. The molecule has 4 heteroatoms. The minimum Gasteiger partial charge on any atom is -0.340 e. The first kappa shape index (κ1) is 13.6. The Labute approximate surface area is 133 Å². The molecule has 0 fully saturated rings. The minimum absolute atomic E-state index is 0.0925. The molecule has 0 spiro atoms. The predicted octanol–water partition coefficient (Wildman–Crippen LogP) is 5.05. The second-order valence-corrected chi connectivity index (χ2v) is 6.23. The summed E-state index contributed by atoms with van der Waals surface area (Å²) >= 11 is 6.95. The zero-order valence-corrected chi connectivity index (χ0v) is 13.7. The number of benzene rings is 2. The topological polar surface area (TPSA) is 22.0 Å². The average Bonchev–Trinajstić information content (AvgIpc) is 2.84. The van der Waals surface area contributed by atoms with Crippen LogP contribution in [-0.2, 0) is 6.54 Å². The van der Waals surface area contributed by atoms with Crippen molar-refractivity contribution in [2.75, 3.05) is 0 Å². The standard InChI is InChI=1S/C16H11Br2NO/c17-13-6-3-7-15-11(13)8-9-19(15)10-16(20)12-4-1-2-5-14(12)18/h1-9H,10H2. The predicted molar refractivity (Wildman–Crippen MR) is 88.1 cm³/mol. The lowest BCUT2D eigenvalue weighted by Crippen LogP contribution is -2.10. The molecule has 0 aliphatic rings. The molecule has 0 bridgehead atoms. The van der Waals surface area contributed by atoms with E-state index in [1.165, 1.54) is 0 Å². The van der Waals surface area contributed by atoms with E-state index in [2.05, 4.69) is 31.9 Å². The summed E-state index contributed by atoms with van der Waals surface area (Å²) in [5, 5.41) is 1.12. The van der Waals surface area contributed by atoms with Crippen LogP contribution in [0.25, 0.3) is 10.9 Å². The molecule has 0 N–H and O–H groups in total. The molecule has 3 aromatic rings. The van der Waals surface area contributed by atoms with Crippen molar-refractivity contribution in [3.8, 4) is 0 Å². The zero-order valence-electron chi connectivity index (χ0n) is 10.5. The molecular weight excluding hydrogens is 382 g/mol. The van der Waals surface area contributed by atoms with E-state index < -0.39 is 0 Å². The van der Waals surface area contributed by atoms with E-state index in [9.17, 15) is 4.79 Å². The van der Waals surface area contributed by atoms with Crippen LogP contribution in [0.1, 0.15) is 10.4 Å². The Bertz CT molecular complexity index is 792. The molecule has 2 nitrogen and oxygen atoms in total. The van der Waals surface area contributed by atoms with E-state index in [1.54, 1.807) is 0 Å². The highest BCUT2D eigenvalue weighted by molar-refractivity contribution is 9.11. The molecule has 0 aliphatic heterocycles. The van der Waals surface area contributed by atoms with Gasteiger partial charge in [0.2, 0.25) is 0 Å². The fourth-order valence-corrected chi connectivity index (χ4v) is 3.24. The number of halogens is 2. The van der Waals surface area contributed by atoms with Crippen LogP contribution in [0.4, 0.5) is 0 Å². The SMILES string of the molecule is O=C(Cn1ccc2c(Br)cccc21)c1ccccc1Br. The highest BCUT2D eigenvalue weighted by Crippen LogP contribution is 2.25. The van der Waals surface area contributed by atoms with Gasteiger partial charge in [-0.1, -0.05) is 56.1 Å². The Morgan fingerprint density at radius 3 is 2.50 bits per heavy atom. The Morgan fingerprint density at radius 1 is 0.950 bits per heavy atom. The molecule has 1 aromatic heterocycles. The van der Waals surface area contributed by atoms with Gasteiger partial charge in [0.15, 0.2) is 5.78 Å². The Balaban J connectivity index is 1.96. The van der Waals surface area contributed by atoms with Crippen molar-refractivity contribution in [3.05, 3.63) is 69.2 Å².